The van der Waals surface area contributed by atoms with Gasteiger partial charge in [-0.15, -0.1) is 0 Å². The van der Waals surface area contributed by atoms with Crippen molar-refractivity contribution in [1.82, 2.24) is 0 Å². The average Bonchev–Trinajstić information content (AvgIpc) is 2.30. The summed E-state index contributed by atoms with van der Waals surface area (Å²) >= 11 is 13.2. The van der Waals surface area contributed by atoms with E-state index in [1.807, 2.05) is 18.2 Å². The fourth-order valence-corrected chi connectivity index (χ4v) is 3.54. The first-order chi connectivity index (χ1) is 8.97. The summed E-state index contributed by atoms with van der Waals surface area (Å²) in [7, 11) is 0. The summed E-state index contributed by atoms with van der Waals surface area (Å²) < 4.78 is 2.08. The van der Waals surface area contributed by atoms with Crippen molar-refractivity contribution in [2.75, 3.05) is 5.32 Å². The highest BCUT2D eigenvalue weighted by Gasteiger charge is 2.06. The Hall–Kier alpha value is -0.510. The van der Waals surface area contributed by atoms with Gasteiger partial charge in [0.15, 0.2) is 0 Å². The predicted octanol–water partition coefficient (Wildman–Crippen LogP) is 6.09. The summed E-state index contributed by atoms with van der Waals surface area (Å²) in [6.07, 6.45) is 0. The molecule has 0 bridgehead atoms. The van der Waals surface area contributed by atoms with Crippen LogP contribution in [0.25, 0.3) is 0 Å². The van der Waals surface area contributed by atoms with Crippen molar-refractivity contribution in [3.8, 4) is 0 Å². The standard InChI is InChI=1S/C15H14Br2ClN/c1-9-5-10(2)15(13(17)6-9)19-8-11-3-4-12(16)7-14(11)18/h3-7,19H,8H2,1-2H3. The third-order valence-corrected chi connectivity index (χ3v) is 4.37. The van der Waals surface area contributed by atoms with E-state index in [1.165, 1.54) is 11.1 Å². The average molecular weight is 404 g/mol. The number of hydrogen-bond acceptors (Lipinski definition) is 1. The molecule has 0 saturated carbocycles. The number of benzene rings is 2. The quantitative estimate of drug-likeness (QED) is 0.653. The molecule has 0 radical (unpaired) electrons. The van der Waals surface area contributed by atoms with Gasteiger partial charge in [-0.1, -0.05) is 39.7 Å². The zero-order valence-electron chi connectivity index (χ0n) is 10.7. The number of rotatable bonds is 3. The van der Waals surface area contributed by atoms with E-state index in [4.69, 9.17) is 11.6 Å². The van der Waals surface area contributed by atoms with Crippen molar-refractivity contribution in [1.29, 1.82) is 0 Å². The first-order valence-electron chi connectivity index (χ1n) is 5.92. The summed E-state index contributed by atoms with van der Waals surface area (Å²) in [5, 5.41) is 4.20. The number of nitrogens with one attached hydrogen (secondary N) is 1. The van der Waals surface area contributed by atoms with Crippen LogP contribution in [0.1, 0.15) is 16.7 Å². The van der Waals surface area contributed by atoms with Gasteiger partial charge in [0.2, 0.25) is 0 Å². The van der Waals surface area contributed by atoms with Crippen LogP contribution < -0.4 is 5.32 Å². The van der Waals surface area contributed by atoms with Crippen LogP contribution >= 0.6 is 43.5 Å². The van der Waals surface area contributed by atoms with E-state index in [9.17, 15) is 0 Å². The minimum atomic E-state index is 0.703. The van der Waals surface area contributed by atoms with Gasteiger partial charge in [0.1, 0.15) is 0 Å². The van der Waals surface area contributed by atoms with E-state index in [0.717, 1.165) is 25.2 Å². The van der Waals surface area contributed by atoms with E-state index < -0.39 is 0 Å². The van der Waals surface area contributed by atoms with Crippen molar-refractivity contribution in [2.45, 2.75) is 20.4 Å². The number of halogens is 3. The minimum absolute atomic E-state index is 0.703. The normalized spacial score (nSPS) is 10.6. The lowest BCUT2D eigenvalue weighted by atomic mass is 10.1. The van der Waals surface area contributed by atoms with Crippen LogP contribution in [0.4, 0.5) is 5.69 Å². The van der Waals surface area contributed by atoms with Crippen LogP contribution in [0, 0.1) is 13.8 Å². The Bertz CT molecular complexity index is 588. The molecule has 2 aromatic carbocycles. The number of aryl methyl sites for hydroxylation is 2. The summed E-state index contributed by atoms with van der Waals surface area (Å²) in [5.41, 5.74) is 4.66. The van der Waals surface area contributed by atoms with Gasteiger partial charge in [0.25, 0.3) is 0 Å². The molecule has 0 aliphatic carbocycles. The minimum Gasteiger partial charge on any atom is -0.380 e. The lowest BCUT2D eigenvalue weighted by Gasteiger charge is -2.13. The zero-order chi connectivity index (χ0) is 14.0. The van der Waals surface area contributed by atoms with E-state index in [2.05, 4.69) is 63.2 Å². The van der Waals surface area contributed by atoms with E-state index in [1.54, 1.807) is 0 Å². The molecule has 0 atom stereocenters. The maximum absolute atomic E-state index is 6.22. The zero-order valence-corrected chi connectivity index (χ0v) is 14.7. The molecule has 100 valence electrons. The Labute approximate surface area is 135 Å². The molecule has 0 fully saturated rings. The molecule has 0 heterocycles. The number of anilines is 1. The summed E-state index contributed by atoms with van der Waals surface area (Å²) in [6, 6.07) is 10.2. The van der Waals surface area contributed by atoms with Crippen LogP contribution in [0.2, 0.25) is 5.02 Å². The maximum Gasteiger partial charge on any atom is 0.0517 e. The van der Waals surface area contributed by atoms with Crippen LogP contribution in [-0.2, 0) is 6.54 Å². The molecule has 2 aromatic rings. The first kappa shape index (κ1) is 14.9. The smallest absolute Gasteiger partial charge is 0.0517 e. The fourth-order valence-electron chi connectivity index (χ4n) is 1.99. The van der Waals surface area contributed by atoms with Gasteiger partial charge in [-0.05, 0) is 64.7 Å². The molecular formula is C15H14Br2ClN. The summed E-state index contributed by atoms with van der Waals surface area (Å²) in [6.45, 7) is 4.89. The SMILES string of the molecule is Cc1cc(C)c(NCc2ccc(Br)cc2Cl)c(Br)c1. The summed E-state index contributed by atoms with van der Waals surface area (Å²) in [4.78, 5) is 0. The Morgan fingerprint density at radius 2 is 1.84 bits per heavy atom. The second-order valence-electron chi connectivity index (χ2n) is 4.53. The second kappa shape index (κ2) is 6.29. The second-order valence-corrected chi connectivity index (χ2v) is 6.71. The third-order valence-electron chi connectivity index (χ3n) is 2.90. The van der Waals surface area contributed by atoms with Crippen molar-refractivity contribution in [3.05, 3.63) is 61.0 Å². The Balaban J connectivity index is 2.19. The Kier molecular flexibility index (Phi) is 4.93. The molecule has 2 rings (SSSR count). The van der Waals surface area contributed by atoms with Gasteiger partial charge in [0, 0.05) is 20.5 Å². The molecule has 0 aliphatic rings. The Morgan fingerprint density at radius 1 is 1.11 bits per heavy atom. The molecule has 4 heteroatoms. The van der Waals surface area contributed by atoms with Gasteiger partial charge in [-0.3, -0.25) is 0 Å². The molecule has 19 heavy (non-hydrogen) atoms. The molecule has 1 N–H and O–H groups in total. The highest BCUT2D eigenvalue weighted by molar-refractivity contribution is 9.10. The van der Waals surface area contributed by atoms with Gasteiger partial charge < -0.3 is 5.32 Å². The Morgan fingerprint density at radius 3 is 2.47 bits per heavy atom. The molecule has 0 spiro atoms. The highest BCUT2D eigenvalue weighted by atomic mass is 79.9. The van der Waals surface area contributed by atoms with Crippen LogP contribution in [0.15, 0.2) is 39.3 Å². The van der Waals surface area contributed by atoms with Crippen molar-refractivity contribution in [3.63, 3.8) is 0 Å². The van der Waals surface area contributed by atoms with Gasteiger partial charge in [-0.2, -0.15) is 0 Å². The van der Waals surface area contributed by atoms with Crippen LogP contribution in [0.3, 0.4) is 0 Å². The molecule has 1 nitrogen and oxygen atoms in total. The third kappa shape index (κ3) is 3.74. The molecule has 0 saturated heterocycles. The molecule has 0 unspecified atom stereocenters. The highest BCUT2D eigenvalue weighted by Crippen LogP contribution is 2.29. The van der Waals surface area contributed by atoms with Gasteiger partial charge >= 0.3 is 0 Å². The molecular weight excluding hydrogens is 389 g/mol. The first-order valence-corrected chi connectivity index (χ1v) is 7.88. The van der Waals surface area contributed by atoms with Crippen molar-refractivity contribution in [2.24, 2.45) is 0 Å². The molecule has 0 amide bonds. The van der Waals surface area contributed by atoms with Crippen molar-refractivity contribution >= 4 is 49.1 Å². The lowest BCUT2D eigenvalue weighted by Crippen LogP contribution is -2.02. The lowest BCUT2D eigenvalue weighted by molar-refractivity contribution is 1.13. The van der Waals surface area contributed by atoms with E-state index in [0.29, 0.717) is 6.54 Å². The fraction of sp³-hybridized carbons (Fsp3) is 0.200. The van der Waals surface area contributed by atoms with Gasteiger partial charge in [0.05, 0.1) is 5.69 Å². The topological polar surface area (TPSA) is 12.0 Å². The predicted molar refractivity (Wildman–Crippen MR) is 90.1 cm³/mol. The molecule has 0 aliphatic heterocycles. The maximum atomic E-state index is 6.22. The van der Waals surface area contributed by atoms with Crippen LogP contribution in [0.5, 0.6) is 0 Å². The van der Waals surface area contributed by atoms with E-state index in [-0.39, 0.29) is 0 Å². The summed E-state index contributed by atoms with van der Waals surface area (Å²) in [5.74, 6) is 0. The van der Waals surface area contributed by atoms with Gasteiger partial charge in [-0.25, -0.2) is 0 Å². The largest absolute Gasteiger partial charge is 0.380 e. The monoisotopic (exact) mass is 401 g/mol. The van der Waals surface area contributed by atoms with E-state index >= 15 is 0 Å². The van der Waals surface area contributed by atoms with Crippen molar-refractivity contribution < 1.29 is 0 Å². The molecule has 0 aromatic heterocycles. The number of hydrogen-bond donors (Lipinski definition) is 1. The van der Waals surface area contributed by atoms with Crippen LogP contribution in [-0.4, -0.2) is 0 Å².